The number of para-hydroxylation sites is 1. The van der Waals surface area contributed by atoms with Crippen LogP contribution in [0.4, 0.5) is 5.82 Å². The fourth-order valence-corrected chi connectivity index (χ4v) is 2.58. The van der Waals surface area contributed by atoms with Crippen molar-refractivity contribution in [3.05, 3.63) is 42.6 Å². The van der Waals surface area contributed by atoms with Crippen molar-refractivity contribution in [3.63, 3.8) is 0 Å². The lowest BCUT2D eigenvalue weighted by molar-refractivity contribution is 0.416. The van der Waals surface area contributed by atoms with Gasteiger partial charge in [-0.1, -0.05) is 12.1 Å². The lowest BCUT2D eigenvalue weighted by Crippen LogP contribution is -2.07. The molecule has 0 spiro atoms. The van der Waals surface area contributed by atoms with Gasteiger partial charge in [-0.15, -0.1) is 5.10 Å². The SMILES string of the molecule is COc1ccccc1-c1cnc2ccc(NCC3CC3)nn12. The first-order valence-corrected chi connectivity index (χ1v) is 7.57. The molecule has 0 bridgehead atoms. The van der Waals surface area contributed by atoms with E-state index in [2.05, 4.69) is 15.4 Å². The fourth-order valence-electron chi connectivity index (χ4n) is 2.58. The van der Waals surface area contributed by atoms with Crippen LogP contribution < -0.4 is 10.1 Å². The molecule has 112 valence electrons. The summed E-state index contributed by atoms with van der Waals surface area (Å²) in [5, 5.41) is 8.08. The number of aromatic nitrogens is 3. The van der Waals surface area contributed by atoms with Crippen LogP contribution in [0.2, 0.25) is 0 Å². The van der Waals surface area contributed by atoms with Gasteiger partial charge in [-0.3, -0.25) is 0 Å². The predicted molar refractivity (Wildman–Crippen MR) is 86.2 cm³/mol. The average molecular weight is 294 g/mol. The van der Waals surface area contributed by atoms with Crippen molar-refractivity contribution in [2.75, 3.05) is 19.0 Å². The number of rotatable bonds is 5. The predicted octanol–water partition coefficient (Wildman–Crippen LogP) is 3.23. The Balaban J connectivity index is 1.74. The summed E-state index contributed by atoms with van der Waals surface area (Å²) in [4.78, 5) is 4.44. The van der Waals surface area contributed by atoms with Crippen molar-refractivity contribution < 1.29 is 4.74 Å². The van der Waals surface area contributed by atoms with E-state index in [1.54, 1.807) is 7.11 Å². The number of methoxy groups -OCH3 is 1. The molecule has 4 rings (SSSR count). The number of nitrogens with one attached hydrogen (secondary N) is 1. The second-order valence-electron chi connectivity index (χ2n) is 5.66. The van der Waals surface area contributed by atoms with E-state index in [0.717, 1.165) is 40.9 Å². The monoisotopic (exact) mass is 294 g/mol. The third-order valence-corrected chi connectivity index (χ3v) is 4.01. The minimum atomic E-state index is 0.814. The maximum Gasteiger partial charge on any atom is 0.154 e. The van der Waals surface area contributed by atoms with Gasteiger partial charge in [0.05, 0.1) is 19.0 Å². The maximum absolute atomic E-state index is 5.45. The maximum atomic E-state index is 5.45. The molecular formula is C17H18N4O. The molecule has 1 aromatic carbocycles. The van der Waals surface area contributed by atoms with Crippen LogP contribution in [-0.4, -0.2) is 28.3 Å². The number of nitrogens with zero attached hydrogens (tertiary/aromatic N) is 3. The van der Waals surface area contributed by atoms with E-state index < -0.39 is 0 Å². The van der Waals surface area contributed by atoms with Crippen LogP contribution in [0.25, 0.3) is 16.9 Å². The molecule has 1 aliphatic carbocycles. The van der Waals surface area contributed by atoms with Crippen LogP contribution in [0.3, 0.4) is 0 Å². The van der Waals surface area contributed by atoms with Gasteiger partial charge in [-0.2, -0.15) is 0 Å². The first kappa shape index (κ1) is 13.1. The van der Waals surface area contributed by atoms with Crippen LogP contribution in [0.5, 0.6) is 5.75 Å². The molecule has 2 heterocycles. The van der Waals surface area contributed by atoms with Crippen molar-refractivity contribution in [3.8, 4) is 17.0 Å². The molecule has 1 fully saturated rings. The third kappa shape index (κ3) is 2.39. The number of fused-ring (bicyclic) bond motifs is 1. The fraction of sp³-hybridized carbons (Fsp3) is 0.294. The summed E-state index contributed by atoms with van der Waals surface area (Å²) < 4.78 is 7.32. The van der Waals surface area contributed by atoms with Gasteiger partial charge in [0.2, 0.25) is 0 Å². The summed E-state index contributed by atoms with van der Waals surface area (Å²) >= 11 is 0. The zero-order valence-electron chi connectivity index (χ0n) is 12.5. The summed E-state index contributed by atoms with van der Waals surface area (Å²) in [6.07, 6.45) is 4.49. The van der Waals surface area contributed by atoms with Gasteiger partial charge in [0.15, 0.2) is 5.65 Å². The zero-order valence-corrected chi connectivity index (χ0v) is 12.5. The van der Waals surface area contributed by atoms with Crippen molar-refractivity contribution >= 4 is 11.5 Å². The molecule has 22 heavy (non-hydrogen) atoms. The number of benzene rings is 1. The van der Waals surface area contributed by atoms with Crippen molar-refractivity contribution in [1.82, 2.24) is 14.6 Å². The molecule has 5 nitrogen and oxygen atoms in total. The van der Waals surface area contributed by atoms with E-state index in [4.69, 9.17) is 4.74 Å². The Hall–Kier alpha value is -2.56. The van der Waals surface area contributed by atoms with Crippen LogP contribution in [-0.2, 0) is 0 Å². The van der Waals surface area contributed by atoms with Crippen LogP contribution in [0, 0.1) is 5.92 Å². The molecule has 5 heteroatoms. The molecule has 0 atom stereocenters. The molecule has 0 aliphatic heterocycles. The largest absolute Gasteiger partial charge is 0.496 e. The highest BCUT2D eigenvalue weighted by molar-refractivity contribution is 5.69. The van der Waals surface area contributed by atoms with E-state index in [1.807, 2.05) is 47.1 Å². The van der Waals surface area contributed by atoms with Crippen molar-refractivity contribution in [1.29, 1.82) is 0 Å². The average Bonchev–Trinajstić information content (AvgIpc) is 3.31. The second kappa shape index (κ2) is 5.33. The minimum absolute atomic E-state index is 0.814. The molecule has 1 saturated carbocycles. The molecule has 0 radical (unpaired) electrons. The number of imidazole rings is 1. The van der Waals surface area contributed by atoms with Gasteiger partial charge in [0.1, 0.15) is 11.6 Å². The van der Waals surface area contributed by atoms with Crippen LogP contribution in [0.15, 0.2) is 42.6 Å². The van der Waals surface area contributed by atoms with E-state index in [0.29, 0.717) is 0 Å². The Morgan fingerprint density at radius 2 is 2.09 bits per heavy atom. The Labute approximate surface area is 128 Å². The van der Waals surface area contributed by atoms with Crippen LogP contribution in [0.1, 0.15) is 12.8 Å². The number of ether oxygens (including phenoxy) is 1. The molecule has 0 unspecified atom stereocenters. The van der Waals surface area contributed by atoms with Crippen LogP contribution >= 0.6 is 0 Å². The highest BCUT2D eigenvalue weighted by Gasteiger charge is 2.21. The number of hydrogen-bond acceptors (Lipinski definition) is 4. The number of hydrogen-bond donors (Lipinski definition) is 1. The Kier molecular flexibility index (Phi) is 3.18. The van der Waals surface area contributed by atoms with Gasteiger partial charge in [0, 0.05) is 12.1 Å². The standard InChI is InChI=1S/C17H18N4O/c1-22-15-5-3-2-4-13(15)14-11-19-17-9-8-16(20-21(14)17)18-10-12-6-7-12/h2-5,8-9,11-12H,6-7,10H2,1H3,(H,18,20). The third-order valence-electron chi connectivity index (χ3n) is 4.01. The molecule has 0 saturated heterocycles. The van der Waals surface area contributed by atoms with Crippen molar-refractivity contribution in [2.24, 2.45) is 5.92 Å². The molecular weight excluding hydrogens is 276 g/mol. The van der Waals surface area contributed by atoms with Crippen molar-refractivity contribution in [2.45, 2.75) is 12.8 Å². The molecule has 2 aromatic heterocycles. The topological polar surface area (TPSA) is 51.5 Å². The minimum Gasteiger partial charge on any atom is -0.496 e. The Morgan fingerprint density at radius 3 is 2.91 bits per heavy atom. The summed E-state index contributed by atoms with van der Waals surface area (Å²) in [5.41, 5.74) is 2.75. The van der Waals surface area contributed by atoms with Gasteiger partial charge in [-0.25, -0.2) is 9.50 Å². The second-order valence-corrected chi connectivity index (χ2v) is 5.66. The Morgan fingerprint density at radius 1 is 1.23 bits per heavy atom. The smallest absolute Gasteiger partial charge is 0.154 e. The molecule has 0 amide bonds. The first-order valence-electron chi connectivity index (χ1n) is 7.57. The summed E-state index contributed by atoms with van der Waals surface area (Å²) in [7, 11) is 1.68. The van der Waals surface area contributed by atoms with Gasteiger partial charge < -0.3 is 10.1 Å². The quantitative estimate of drug-likeness (QED) is 0.785. The summed E-state index contributed by atoms with van der Waals surface area (Å²) in [5.74, 6) is 2.52. The van der Waals surface area contributed by atoms with E-state index in [1.165, 1.54) is 12.8 Å². The van der Waals surface area contributed by atoms with E-state index in [9.17, 15) is 0 Å². The van der Waals surface area contributed by atoms with Gasteiger partial charge in [-0.05, 0) is 43.0 Å². The molecule has 1 aliphatic rings. The summed E-state index contributed by atoms with van der Waals surface area (Å²) in [6, 6.07) is 11.9. The molecule has 1 N–H and O–H groups in total. The zero-order chi connectivity index (χ0) is 14.9. The highest BCUT2D eigenvalue weighted by Crippen LogP contribution is 2.30. The first-order chi connectivity index (χ1) is 10.8. The van der Waals surface area contributed by atoms with Gasteiger partial charge >= 0.3 is 0 Å². The lowest BCUT2D eigenvalue weighted by Gasteiger charge is -2.09. The summed E-state index contributed by atoms with van der Waals surface area (Å²) in [6.45, 7) is 0.997. The lowest BCUT2D eigenvalue weighted by atomic mass is 10.1. The highest BCUT2D eigenvalue weighted by atomic mass is 16.5. The normalized spacial score (nSPS) is 14.2. The number of anilines is 1. The Bertz CT molecular complexity index is 807. The van der Waals surface area contributed by atoms with Gasteiger partial charge in [0.25, 0.3) is 0 Å². The van der Waals surface area contributed by atoms with E-state index >= 15 is 0 Å². The molecule has 3 aromatic rings. The van der Waals surface area contributed by atoms with E-state index in [-0.39, 0.29) is 0 Å².